The topological polar surface area (TPSA) is 54.4 Å². The third-order valence-corrected chi connectivity index (χ3v) is 6.04. The van der Waals surface area contributed by atoms with Crippen molar-refractivity contribution in [2.45, 2.75) is 37.0 Å². The molecule has 1 aliphatic rings. The van der Waals surface area contributed by atoms with Crippen molar-refractivity contribution in [2.24, 2.45) is 5.92 Å². The molecule has 106 valence electrons. The molecule has 0 radical (unpaired) electrons. The summed E-state index contributed by atoms with van der Waals surface area (Å²) in [6.45, 7) is 0. The van der Waals surface area contributed by atoms with Gasteiger partial charge in [-0.15, -0.1) is 0 Å². The average molecular weight is 347 g/mol. The number of hydrogen-bond donors (Lipinski definition) is 1. The van der Waals surface area contributed by atoms with Gasteiger partial charge in [0, 0.05) is 10.7 Å². The molecule has 1 aromatic rings. The van der Waals surface area contributed by atoms with Gasteiger partial charge in [0.2, 0.25) is 0 Å². The average Bonchev–Trinajstić information content (AvgIpc) is 2.37. The summed E-state index contributed by atoms with van der Waals surface area (Å²) in [4.78, 5) is 0. The number of aliphatic hydroxyl groups excluding tert-OH is 1. The first-order valence-electron chi connectivity index (χ1n) is 6.50. The van der Waals surface area contributed by atoms with Gasteiger partial charge in [-0.2, -0.15) is 0 Å². The van der Waals surface area contributed by atoms with E-state index < -0.39 is 15.9 Å². The Kier molecular flexibility index (Phi) is 4.69. The molecule has 0 spiro atoms. The van der Waals surface area contributed by atoms with Gasteiger partial charge in [-0.3, -0.25) is 0 Å². The molecule has 0 amide bonds. The summed E-state index contributed by atoms with van der Waals surface area (Å²) >= 11 is 3.39. The molecule has 1 aliphatic carbocycles. The maximum Gasteiger partial charge on any atom is 0.150 e. The monoisotopic (exact) mass is 346 g/mol. The SMILES string of the molecule is CS(=O)(=O)C1CCCC(C(O)c2cccc(Br)c2)C1. The van der Waals surface area contributed by atoms with Gasteiger partial charge in [-0.1, -0.05) is 34.5 Å². The van der Waals surface area contributed by atoms with Gasteiger partial charge in [0.25, 0.3) is 0 Å². The van der Waals surface area contributed by atoms with Crippen molar-refractivity contribution >= 4 is 25.8 Å². The zero-order valence-corrected chi connectivity index (χ0v) is 13.3. The Balaban J connectivity index is 2.13. The highest BCUT2D eigenvalue weighted by atomic mass is 79.9. The van der Waals surface area contributed by atoms with Crippen molar-refractivity contribution in [1.29, 1.82) is 0 Å². The third kappa shape index (κ3) is 3.80. The van der Waals surface area contributed by atoms with Crippen molar-refractivity contribution in [1.82, 2.24) is 0 Å². The molecule has 1 saturated carbocycles. The number of aliphatic hydroxyl groups is 1. The molecule has 3 unspecified atom stereocenters. The van der Waals surface area contributed by atoms with Gasteiger partial charge in [0.1, 0.15) is 9.84 Å². The van der Waals surface area contributed by atoms with Gasteiger partial charge in [0.15, 0.2) is 0 Å². The summed E-state index contributed by atoms with van der Waals surface area (Å²) in [5.74, 6) is 0.0303. The molecule has 0 aromatic heterocycles. The molecule has 3 atom stereocenters. The summed E-state index contributed by atoms with van der Waals surface area (Å²) in [6, 6.07) is 7.59. The predicted molar refractivity (Wildman–Crippen MR) is 79.7 cm³/mol. The van der Waals surface area contributed by atoms with E-state index in [1.54, 1.807) is 0 Å². The van der Waals surface area contributed by atoms with E-state index in [9.17, 15) is 13.5 Å². The summed E-state index contributed by atoms with van der Waals surface area (Å²) in [7, 11) is -3.00. The third-order valence-electron chi connectivity index (χ3n) is 3.91. The molecule has 1 N–H and O–H groups in total. The first-order chi connectivity index (χ1) is 8.88. The van der Waals surface area contributed by atoms with Crippen molar-refractivity contribution < 1.29 is 13.5 Å². The molecule has 1 aromatic carbocycles. The van der Waals surface area contributed by atoms with Gasteiger partial charge in [-0.05, 0) is 42.9 Å². The van der Waals surface area contributed by atoms with Crippen LogP contribution in [0.5, 0.6) is 0 Å². The second-order valence-electron chi connectivity index (χ2n) is 5.38. The predicted octanol–water partition coefficient (Wildman–Crippen LogP) is 3.09. The number of hydrogen-bond acceptors (Lipinski definition) is 3. The lowest BCUT2D eigenvalue weighted by atomic mass is 9.82. The fourth-order valence-electron chi connectivity index (χ4n) is 2.82. The Bertz CT molecular complexity index is 541. The first kappa shape index (κ1) is 15.0. The number of rotatable bonds is 3. The second-order valence-corrected chi connectivity index (χ2v) is 8.62. The van der Waals surface area contributed by atoms with E-state index in [-0.39, 0.29) is 11.2 Å². The highest BCUT2D eigenvalue weighted by molar-refractivity contribution is 9.10. The van der Waals surface area contributed by atoms with E-state index in [0.29, 0.717) is 6.42 Å². The molecule has 0 bridgehead atoms. The van der Waals surface area contributed by atoms with Crippen LogP contribution in [-0.2, 0) is 9.84 Å². The van der Waals surface area contributed by atoms with E-state index in [1.165, 1.54) is 6.26 Å². The molecule has 2 rings (SSSR count). The molecule has 3 nitrogen and oxygen atoms in total. The zero-order valence-electron chi connectivity index (χ0n) is 10.9. The fourth-order valence-corrected chi connectivity index (χ4v) is 4.43. The lowest BCUT2D eigenvalue weighted by Crippen LogP contribution is -2.30. The Morgan fingerprint density at radius 3 is 2.74 bits per heavy atom. The number of halogens is 1. The van der Waals surface area contributed by atoms with Crippen LogP contribution in [0.4, 0.5) is 0 Å². The maximum absolute atomic E-state index is 11.7. The Morgan fingerprint density at radius 2 is 2.11 bits per heavy atom. The molecule has 0 saturated heterocycles. The van der Waals surface area contributed by atoms with Gasteiger partial charge < -0.3 is 5.11 Å². The van der Waals surface area contributed by atoms with Gasteiger partial charge >= 0.3 is 0 Å². The number of sulfone groups is 1. The summed E-state index contributed by atoms with van der Waals surface area (Å²) < 4.78 is 24.2. The normalized spacial score (nSPS) is 26.1. The van der Waals surface area contributed by atoms with Crippen LogP contribution < -0.4 is 0 Å². The molecular formula is C14H19BrO3S. The summed E-state index contributed by atoms with van der Waals surface area (Å²) in [5.41, 5.74) is 0.855. The zero-order chi connectivity index (χ0) is 14.0. The van der Waals surface area contributed by atoms with Crippen LogP contribution >= 0.6 is 15.9 Å². The molecular weight excluding hydrogens is 328 g/mol. The molecule has 0 aliphatic heterocycles. The highest BCUT2D eigenvalue weighted by Gasteiger charge is 2.32. The van der Waals surface area contributed by atoms with Crippen LogP contribution in [0.15, 0.2) is 28.7 Å². The second kappa shape index (κ2) is 5.94. The van der Waals surface area contributed by atoms with E-state index in [0.717, 1.165) is 29.3 Å². The Hall–Kier alpha value is -0.390. The molecule has 0 heterocycles. The molecule has 19 heavy (non-hydrogen) atoms. The number of benzene rings is 1. The maximum atomic E-state index is 11.7. The van der Waals surface area contributed by atoms with Crippen molar-refractivity contribution in [3.05, 3.63) is 34.3 Å². The minimum atomic E-state index is -3.00. The quantitative estimate of drug-likeness (QED) is 0.914. The van der Waals surface area contributed by atoms with E-state index >= 15 is 0 Å². The highest BCUT2D eigenvalue weighted by Crippen LogP contribution is 2.37. The fraction of sp³-hybridized carbons (Fsp3) is 0.571. The van der Waals surface area contributed by atoms with Crippen molar-refractivity contribution in [3.63, 3.8) is 0 Å². The minimum absolute atomic E-state index is 0.0303. The lowest BCUT2D eigenvalue weighted by molar-refractivity contribution is 0.0856. The first-order valence-corrected chi connectivity index (χ1v) is 9.25. The summed E-state index contributed by atoms with van der Waals surface area (Å²) in [6.07, 6.45) is 3.76. The summed E-state index contributed by atoms with van der Waals surface area (Å²) in [5, 5.41) is 10.1. The van der Waals surface area contributed by atoms with Crippen LogP contribution in [0.25, 0.3) is 0 Å². The van der Waals surface area contributed by atoms with Crippen molar-refractivity contribution in [2.75, 3.05) is 6.26 Å². The van der Waals surface area contributed by atoms with Gasteiger partial charge in [0.05, 0.1) is 11.4 Å². The van der Waals surface area contributed by atoms with Crippen LogP contribution in [0.3, 0.4) is 0 Å². The van der Waals surface area contributed by atoms with E-state index in [4.69, 9.17) is 0 Å². The molecule has 5 heteroatoms. The van der Waals surface area contributed by atoms with Crippen LogP contribution in [0, 0.1) is 5.92 Å². The van der Waals surface area contributed by atoms with Crippen LogP contribution in [0.2, 0.25) is 0 Å². The van der Waals surface area contributed by atoms with Gasteiger partial charge in [-0.25, -0.2) is 8.42 Å². The van der Waals surface area contributed by atoms with Crippen molar-refractivity contribution in [3.8, 4) is 0 Å². The molecule has 1 fully saturated rings. The standard InChI is InChI=1S/C14H19BrO3S/c1-19(17,18)13-7-3-5-11(9-13)14(16)10-4-2-6-12(15)8-10/h2,4,6,8,11,13-14,16H,3,5,7,9H2,1H3. The minimum Gasteiger partial charge on any atom is -0.388 e. The van der Waals surface area contributed by atoms with E-state index in [1.807, 2.05) is 24.3 Å². The van der Waals surface area contributed by atoms with Crippen LogP contribution in [-0.4, -0.2) is 25.0 Å². The Labute approximate surface area is 123 Å². The van der Waals surface area contributed by atoms with Crippen LogP contribution in [0.1, 0.15) is 37.4 Å². The Morgan fingerprint density at radius 1 is 1.37 bits per heavy atom. The lowest BCUT2D eigenvalue weighted by Gasteiger charge is -2.31. The largest absolute Gasteiger partial charge is 0.388 e. The smallest absolute Gasteiger partial charge is 0.150 e. The van der Waals surface area contributed by atoms with E-state index in [2.05, 4.69) is 15.9 Å².